The highest BCUT2D eigenvalue weighted by Gasteiger charge is 2.55. The number of carbonyl (C=O) groups excluding carboxylic acids is 3. The van der Waals surface area contributed by atoms with Crippen LogP contribution < -0.4 is 10.1 Å². The second-order valence-electron chi connectivity index (χ2n) is 8.00. The molecule has 1 aliphatic carbocycles. The van der Waals surface area contributed by atoms with Crippen LogP contribution in [0.2, 0.25) is 0 Å². The van der Waals surface area contributed by atoms with Crippen molar-refractivity contribution in [3.05, 3.63) is 54.4 Å². The highest BCUT2D eigenvalue weighted by atomic mass is 16.5. The van der Waals surface area contributed by atoms with E-state index in [0.717, 1.165) is 24.2 Å². The zero-order chi connectivity index (χ0) is 21.8. The summed E-state index contributed by atoms with van der Waals surface area (Å²) in [5, 5.41) is 2.84. The van der Waals surface area contributed by atoms with Crippen LogP contribution >= 0.6 is 0 Å². The number of imide groups is 1. The Hall–Kier alpha value is -3.42. The molecule has 4 rings (SSSR count). The molecule has 2 aromatic rings. The summed E-state index contributed by atoms with van der Waals surface area (Å²) in [6, 6.07) is 10.2. The summed E-state index contributed by atoms with van der Waals surface area (Å²) in [6.45, 7) is 1.52. The largest absolute Gasteiger partial charge is 0.459 e. The van der Waals surface area contributed by atoms with Gasteiger partial charge >= 0.3 is 12.0 Å². The van der Waals surface area contributed by atoms with E-state index in [-0.39, 0.29) is 18.4 Å². The van der Waals surface area contributed by atoms with Crippen molar-refractivity contribution in [2.75, 3.05) is 6.54 Å². The summed E-state index contributed by atoms with van der Waals surface area (Å²) in [5.74, 6) is 0.151. The normalized spacial score (nSPS) is 23.0. The van der Waals surface area contributed by atoms with Gasteiger partial charge in [-0.05, 0) is 37.0 Å². The van der Waals surface area contributed by atoms with E-state index in [2.05, 4.69) is 10.3 Å². The zero-order valence-corrected chi connectivity index (χ0v) is 17.4. The Balaban J connectivity index is 1.38. The van der Waals surface area contributed by atoms with Crippen LogP contribution in [0.4, 0.5) is 4.79 Å². The summed E-state index contributed by atoms with van der Waals surface area (Å²) < 4.78 is 11.2. The van der Waals surface area contributed by atoms with E-state index < -0.39 is 24.1 Å². The van der Waals surface area contributed by atoms with Crippen LogP contribution in [0.15, 0.2) is 48.8 Å². The number of urea groups is 1. The molecule has 1 N–H and O–H groups in total. The molecule has 1 spiro atoms. The minimum Gasteiger partial charge on any atom is -0.459 e. The molecule has 1 aromatic carbocycles. The van der Waals surface area contributed by atoms with Gasteiger partial charge in [0.1, 0.15) is 30.2 Å². The Kier molecular flexibility index (Phi) is 5.88. The van der Waals surface area contributed by atoms with Gasteiger partial charge in [-0.25, -0.2) is 4.79 Å². The standard InChI is InChI=1S/C23H25N3O5/c1-16-7-4-5-11-23(16)21(28)26(22(29)25-23)14-20(27)30-15-17-8-2-3-10-19(17)31-18-9-6-12-24-13-18/h2-3,6,8-10,12-13,16H,4-5,7,11,14-15H2,1H3,(H,25,29). The number of para-hydroxylation sites is 1. The molecule has 2 aliphatic rings. The number of nitrogens with one attached hydrogen (secondary N) is 1. The third kappa shape index (κ3) is 4.23. The molecule has 2 fully saturated rings. The summed E-state index contributed by atoms with van der Waals surface area (Å²) in [5.41, 5.74) is -0.228. The Morgan fingerprint density at radius 2 is 2.06 bits per heavy atom. The molecule has 1 saturated carbocycles. The van der Waals surface area contributed by atoms with Gasteiger partial charge in [0.05, 0.1) is 6.20 Å². The molecule has 162 valence electrons. The van der Waals surface area contributed by atoms with Crippen LogP contribution in [0.1, 0.15) is 38.2 Å². The topological polar surface area (TPSA) is 97.8 Å². The number of nitrogens with zero attached hydrogens (tertiary/aromatic N) is 2. The Morgan fingerprint density at radius 3 is 2.84 bits per heavy atom. The van der Waals surface area contributed by atoms with Crippen molar-refractivity contribution >= 4 is 17.9 Å². The van der Waals surface area contributed by atoms with E-state index >= 15 is 0 Å². The molecular formula is C23H25N3O5. The SMILES string of the molecule is CC1CCCCC12NC(=O)N(CC(=O)OCc1ccccc1Oc1cccnc1)C2=O. The van der Waals surface area contributed by atoms with Crippen molar-refractivity contribution < 1.29 is 23.9 Å². The molecule has 1 aromatic heterocycles. The van der Waals surface area contributed by atoms with Gasteiger partial charge in [0.15, 0.2) is 0 Å². The lowest BCUT2D eigenvalue weighted by molar-refractivity contribution is -0.149. The van der Waals surface area contributed by atoms with E-state index in [9.17, 15) is 14.4 Å². The first-order valence-corrected chi connectivity index (χ1v) is 10.4. The van der Waals surface area contributed by atoms with E-state index in [1.807, 2.05) is 19.1 Å². The third-order valence-electron chi connectivity index (χ3n) is 6.01. The molecule has 2 unspecified atom stereocenters. The summed E-state index contributed by atoms with van der Waals surface area (Å²) >= 11 is 0. The maximum Gasteiger partial charge on any atom is 0.326 e. The smallest absolute Gasteiger partial charge is 0.326 e. The Bertz CT molecular complexity index is 980. The number of amides is 3. The van der Waals surface area contributed by atoms with Crippen LogP contribution in [0, 0.1) is 5.92 Å². The van der Waals surface area contributed by atoms with E-state index in [1.165, 1.54) is 0 Å². The molecule has 3 amide bonds. The van der Waals surface area contributed by atoms with E-state index in [1.54, 1.807) is 36.7 Å². The number of benzene rings is 1. The number of ether oxygens (including phenoxy) is 2. The predicted molar refractivity (Wildman–Crippen MR) is 111 cm³/mol. The predicted octanol–water partition coefficient (Wildman–Crippen LogP) is 3.42. The van der Waals surface area contributed by atoms with Gasteiger partial charge in [-0.2, -0.15) is 0 Å². The molecule has 0 radical (unpaired) electrons. The third-order valence-corrected chi connectivity index (χ3v) is 6.01. The minimum atomic E-state index is -0.889. The fourth-order valence-corrected chi connectivity index (χ4v) is 4.23. The number of pyridine rings is 1. The first-order chi connectivity index (χ1) is 15.0. The summed E-state index contributed by atoms with van der Waals surface area (Å²) in [4.78, 5) is 42.8. The maximum absolute atomic E-state index is 13.0. The Labute approximate surface area is 180 Å². The van der Waals surface area contributed by atoms with Gasteiger partial charge in [0.25, 0.3) is 5.91 Å². The second-order valence-corrected chi connectivity index (χ2v) is 8.00. The van der Waals surface area contributed by atoms with Crippen LogP contribution in [0.25, 0.3) is 0 Å². The van der Waals surface area contributed by atoms with Crippen LogP contribution in [0.5, 0.6) is 11.5 Å². The van der Waals surface area contributed by atoms with Crippen molar-refractivity contribution in [1.29, 1.82) is 0 Å². The number of esters is 1. The van der Waals surface area contributed by atoms with E-state index in [4.69, 9.17) is 9.47 Å². The summed E-state index contributed by atoms with van der Waals surface area (Å²) in [7, 11) is 0. The van der Waals surface area contributed by atoms with Gasteiger partial charge in [-0.3, -0.25) is 19.5 Å². The highest BCUT2D eigenvalue weighted by molar-refractivity contribution is 6.08. The van der Waals surface area contributed by atoms with Crippen molar-refractivity contribution in [1.82, 2.24) is 15.2 Å². The molecule has 2 atom stereocenters. The number of hydrogen-bond acceptors (Lipinski definition) is 6. The highest BCUT2D eigenvalue weighted by Crippen LogP contribution is 2.38. The molecule has 31 heavy (non-hydrogen) atoms. The maximum atomic E-state index is 13.0. The summed E-state index contributed by atoms with van der Waals surface area (Å²) in [6.07, 6.45) is 6.62. The van der Waals surface area contributed by atoms with Gasteiger partial charge in [-0.1, -0.05) is 38.0 Å². The quantitative estimate of drug-likeness (QED) is 0.565. The fourth-order valence-electron chi connectivity index (χ4n) is 4.23. The van der Waals surface area contributed by atoms with Crippen LogP contribution in [-0.2, 0) is 20.9 Å². The zero-order valence-electron chi connectivity index (χ0n) is 17.4. The average Bonchev–Trinajstić information content (AvgIpc) is 3.01. The van der Waals surface area contributed by atoms with Crippen molar-refractivity contribution in [3.8, 4) is 11.5 Å². The van der Waals surface area contributed by atoms with Gasteiger partial charge < -0.3 is 14.8 Å². The minimum absolute atomic E-state index is 0.0372. The molecule has 8 heteroatoms. The number of carbonyl (C=O) groups is 3. The van der Waals surface area contributed by atoms with Gasteiger partial charge in [-0.15, -0.1) is 0 Å². The fraction of sp³-hybridized carbons (Fsp3) is 0.391. The molecule has 0 bridgehead atoms. The van der Waals surface area contributed by atoms with E-state index in [0.29, 0.717) is 23.5 Å². The lowest BCUT2D eigenvalue weighted by Gasteiger charge is -2.36. The van der Waals surface area contributed by atoms with Crippen LogP contribution in [0.3, 0.4) is 0 Å². The lowest BCUT2D eigenvalue weighted by Crippen LogP contribution is -2.54. The number of rotatable bonds is 6. The number of aromatic nitrogens is 1. The molecule has 8 nitrogen and oxygen atoms in total. The molecular weight excluding hydrogens is 398 g/mol. The van der Waals surface area contributed by atoms with Crippen LogP contribution in [-0.4, -0.2) is 39.9 Å². The molecule has 2 heterocycles. The monoisotopic (exact) mass is 423 g/mol. The van der Waals surface area contributed by atoms with Crippen molar-refractivity contribution in [2.45, 2.75) is 44.8 Å². The van der Waals surface area contributed by atoms with Gasteiger partial charge in [0.2, 0.25) is 0 Å². The first kappa shape index (κ1) is 20.8. The average molecular weight is 423 g/mol. The molecule has 1 aliphatic heterocycles. The van der Waals surface area contributed by atoms with Crippen molar-refractivity contribution in [2.24, 2.45) is 5.92 Å². The van der Waals surface area contributed by atoms with Gasteiger partial charge in [0, 0.05) is 11.8 Å². The lowest BCUT2D eigenvalue weighted by atomic mass is 9.73. The number of hydrogen-bond donors (Lipinski definition) is 1. The Morgan fingerprint density at radius 1 is 1.23 bits per heavy atom. The second kappa shape index (κ2) is 8.75. The van der Waals surface area contributed by atoms with Crippen molar-refractivity contribution in [3.63, 3.8) is 0 Å². The molecule has 1 saturated heterocycles. The first-order valence-electron chi connectivity index (χ1n) is 10.4.